The van der Waals surface area contributed by atoms with E-state index in [4.69, 9.17) is 10.5 Å². The van der Waals surface area contributed by atoms with Crippen LogP contribution in [0.4, 0.5) is 0 Å². The molecule has 0 aromatic carbocycles. The summed E-state index contributed by atoms with van der Waals surface area (Å²) in [5.41, 5.74) is 5.35. The summed E-state index contributed by atoms with van der Waals surface area (Å²) in [5, 5.41) is 0. The van der Waals surface area contributed by atoms with Gasteiger partial charge < -0.3 is 10.5 Å². The van der Waals surface area contributed by atoms with Crippen LogP contribution in [-0.2, 0) is 4.74 Å². The van der Waals surface area contributed by atoms with Crippen molar-refractivity contribution in [2.75, 3.05) is 19.8 Å². The molecule has 0 aromatic rings. The highest BCUT2D eigenvalue weighted by Crippen LogP contribution is 2.14. The molecule has 0 aliphatic carbocycles. The Hall–Kier alpha value is -0.0800. The average molecular weight is 115 g/mol. The Morgan fingerprint density at radius 3 is 3.00 bits per heavy atom. The molecule has 1 aliphatic rings. The summed E-state index contributed by atoms with van der Waals surface area (Å²) >= 11 is 0. The molecule has 1 heterocycles. The zero-order valence-corrected chi connectivity index (χ0v) is 5.10. The van der Waals surface area contributed by atoms with Crippen molar-refractivity contribution in [2.24, 2.45) is 11.7 Å². The Morgan fingerprint density at radius 1 is 1.62 bits per heavy atom. The van der Waals surface area contributed by atoms with Crippen LogP contribution in [0.1, 0.15) is 12.8 Å². The maximum absolute atomic E-state index is 5.35. The maximum Gasteiger partial charge on any atom is 0.0495 e. The van der Waals surface area contributed by atoms with Gasteiger partial charge >= 0.3 is 0 Å². The van der Waals surface area contributed by atoms with E-state index >= 15 is 0 Å². The summed E-state index contributed by atoms with van der Waals surface area (Å²) in [4.78, 5) is 0. The van der Waals surface area contributed by atoms with Crippen LogP contribution < -0.4 is 5.73 Å². The molecule has 1 rings (SSSR count). The Balaban J connectivity index is 2.06. The van der Waals surface area contributed by atoms with Gasteiger partial charge in [0, 0.05) is 13.2 Å². The summed E-state index contributed by atoms with van der Waals surface area (Å²) in [6, 6.07) is 0. The van der Waals surface area contributed by atoms with Gasteiger partial charge in [-0.3, -0.25) is 0 Å². The smallest absolute Gasteiger partial charge is 0.0495 e. The van der Waals surface area contributed by atoms with Gasteiger partial charge in [0.25, 0.3) is 0 Å². The quantitative estimate of drug-likeness (QED) is 0.564. The molecular weight excluding hydrogens is 102 g/mol. The lowest BCUT2D eigenvalue weighted by Crippen LogP contribution is -2.07. The predicted octanol–water partition coefficient (Wildman–Crippen LogP) is 0.372. The minimum Gasteiger partial charge on any atom is -0.381 e. The molecule has 0 saturated carbocycles. The Kier molecular flexibility index (Phi) is 2.30. The number of rotatable bonds is 2. The van der Waals surface area contributed by atoms with E-state index in [0.717, 1.165) is 32.1 Å². The Morgan fingerprint density at radius 2 is 2.50 bits per heavy atom. The zero-order chi connectivity index (χ0) is 5.82. The lowest BCUT2D eigenvalue weighted by Gasteiger charge is -2.01. The first kappa shape index (κ1) is 6.05. The first-order valence-corrected chi connectivity index (χ1v) is 3.21. The number of hydrogen-bond acceptors (Lipinski definition) is 2. The van der Waals surface area contributed by atoms with Gasteiger partial charge in [-0.1, -0.05) is 0 Å². The topological polar surface area (TPSA) is 35.2 Å². The van der Waals surface area contributed by atoms with Crippen LogP contribution in [0.3, 0.4) is 0 Å². The summed E-state index contributed by atoms with van der Waals surface area (Å²) in [5.74, 6) is 0.764. The normalized spacial score (nSPS) is 28.9. The van der Waals surface area contributed by atoms with Crippen LogP contribution in [0, 0.1) is 5.92 Å². The highest BCUT2D eigenvalue weighted by atomic mass is 16.5. The van der Waals surface area contributed by atoms with Gasteiger partial charge in [0.05, 0.1) is 0 Å². The maximum atomic E-state index is 5.35. The third-order valence-corrected chi connectivity index (χ3v) is 1.60. The molecule has 1 unspecified atom stereocenters. The van der Waals surface area contributed by atoms with E-state index in [-0.39, 0.29) is 0 Å². The van der Waals surface area contributed by atoms with E-state index in [2.05, 4.69) is 0 Å². The highest BCUT2D eigenvalue weighted by molar-refractivity contribution is 4.63. The van der Waals surface area contributed by atoms with Crippen molar-refractivity contribution in [3.05, 3.63) is 0 Å². The van der Waals surface area contributed by atoms with E-state index in [0.29, 0.717) is 0 Å². The Labute approximate surface area is 50.0 Å². The first-order chi connectivity index (χ1) is 3.93. The second-order valence-electron chi connectivity index (χ2n) is 2.31. The summed E-state index contributed by atoms with van der Waals surface area (Å²) in [6.07, 6.45) is 2.36. The molecule has 0 bridgehead atoms. The van der Waals surface area contributed by atoms with Crippen LogP contribution in [0.15, 0.2) is 0 Å². The van der Waals surface area contributed by atoms with Gasteiger partial charge in [0.15, 0.2) is 0 Å². The largest absolute Gasteiger partial charge is 0.381 e. The summed E-state index contributed by atoms with van der Waals surface area (Å²) in [7, 11) is 0. The molecule has 0 aromatic heterocycles. The number of ether oxygens (including phenoxy) is 1. The minimum absolute atomic E-state index is 0.764. The minimum atomic E-state index is 0.764. The van der Waals surface area contributed by atoms with Crippen molar-refractivity contribution in [3.8, 4) is 0 Å². The monoisotopic (exact) mass is 115 g/mol. The van der Waals surface area contributed by atoms with Crippen molar-refractivity contribution < 1.29 is 4.74 Å². The van der Waals surface area contributed by atoms with Crippen LogP contribution in [0.25, 0.3) is 0 Å². The van der Waals surface area contributed by atoms with E-state index in [1.165, 1.54) is 6.42 Å². The molecule has 0 radical (unpaired) electrons. The van der Waals surface area contributed by atoms with Crippen molar-refractivity contribution in [1.29, 1.82) is 0 Å². The standard InChI is InChI=1S/C6H13NO/c7-3-1-6-2-4-8-5-6/h6H,1-5,7H2. The van der Waals surface area contributed by atoms with E-state index in [1.54, 1.807) is 0 Å². The fourth-order valence-corrected chi connectivity index (χ4v) is 1.05. The molecule has 0 amide bonds. The summed E-state index contributed by atoms with van der Waals surface area (Å²) in [6.45, 7) is 2.70. The van der Waals surface area contributed by atoms with Gasteiger partial charge in [0.1, 0.15) is 0 Å². The second-order valence-corrected chi connectivity index (χ2v) is 2.31. The third-order valence-electron chi connectivity index (χ3n) is 1.60. The first-order valence-electron chi connectivity index (χ1n) is 3.21. The fourth-order valence-electron chi connectivity index (χ4n) is 1.05. The van der Waals surface area contributed by atoms with Crippen LogP contribution >= 0.6 is 0 Å². The molecule has 1 atom stereocenters. The molecule has 2 nitrogen and oxygen atoms in total. The van der Waals surface area contributed by atoms with Crippen LogP contribution in [0.5, 0.6) is 0 Å². The van der Waals surface area contributed by atoms with Gasteiger partial charge in [-0.15, -0.1) is 0 Å². The molecule has 0 spiro atoms. The SMILES string of the molecule is NCCC1CCOC1. The van der Waals surface area contributed by atoms with Crippen molar-refractivity contribution in [2.45, 2.75) is 12.8 Å². The number of hydrogen-bond donors (Lipinski definition) is 1. The zero-order valence-electron chi connectivity index (χ0n) is 5.10. The third kappa shape index (κ3) is 1.46. The molecule has 8 heavy (non-hydrogen) atoms. The Bertz CT molecular complexity index is 59.5. The average Bonchev–Trinajstić information content (AvgIpc) is 2.19. The molecule has 2 N–H and O–H groups in total. The molecule has 2 heteroatoms. The lowest BCUT2D eigenvalue weighted by molar-refractivity contribution is 0.184. The van der Waals surface area contributed by atoms with Crippen molar-refractivity contribution >= 4 is 0 Å². The predicted molar refractivity (Wildman–Crippen MR) is 32.6 cm³/mol. The van der Waals surface area contributed by atoms with Crippen molar-refractivity contribution in [3.63, 3.8) is 0 Å². The van der Waals surface area contributed by atoms with Gasteiger partial charge in [-0.05, 0) is 25.3 Å². The fraction of sp³-hybridized carbons (Fsp3) is 1.00. The van der Waals surface area contributed by atoms with E-state index < -0.39 is 0 Å². The molecule has 48 valence electrons. The van der Waals surface area contributed by atoms with Crippen LogP contribution in [0.2, 0.25) is 0 Å². The molecule has 1 fully saturated rings. The second kappa shape index (κ2) is 3.05. The summed E-state index contributed by atoms with van der Waals surface area (Å²) < 4.78 is 5.15. The molecular formula is C6H13NO. The van der Waals surface area contributed by atoms with Crippen molar-refractivity contribution in [1.82, 2.24) is 0 Å². The highest BCUT2D eigenvalue weighted by Gasteiger charge is 2.13. The van der Waals surface area contributed by atoms with Gasteiger partial charge in [-0.2, -0.15) is 0 Å². The van der Waals surface area contributed by atoms with Crippen LogP contribution in [-0.4, -0.2) is 19.8 Å². The molecule has 1 aliphatic heterocycles. The van der Waals surface area contributed by atoms with E-state index in [1.807, 2.05) is 0 Å². The molecule has 1 saturated heterocycles. The number of nitrogens with two attached hydrogens (primary N) is 1. The van der Waals surface area contributed by atoms with E-state index in [9.17, 15) is 0 Å². The van der Waals surface area contributed by atoms with Gasteiger partial charge in [-0.25, -0.2) is 0 Å². The lowest BCUT2D eigenvalue weighted by atomic mass is 10.1. The van der Waals surface area contributed by atoms with Gasteiger partial charge in [0.2, 0.25) is 0 Å².